The Morgan fingerprint density at radius 3 is 2.16 bits per heavy atom. The van der Waals surface area contributed by atoms with E-state index in [1.54, 1.807) is 12.4 Å². The number of hydrogen-bond donors (Lipinski definition) is 0. The first-order valence-electron chi connectivity index (χ1n) is 7.52. The molecule has 2 aliphatic rings. The molecule has 4 heteroatoms. The molecule has 2 saturated heterocycles. The van der Waals surface area contributed by atoms with Crippen LogP contribution in [-0.4, -0.2) is 48.1 Å². The number of aromatic nitrogens is 2. The minimum Gasteiger partial charge on any atom is -0.355 e. The average Bonchev–Trinajstić information content (AvgIpc) is 2.49. The Labute approximate surface area is 115 Å². The highest BCUT2D eigenvalue weighted by molar-refractivity contribution is 5.35. The summed E-state index contributed by atoms with van der Waals surface area (Å²) >= 11 is 0. The second-order valence-electron chi connectivity index (χ2n) is 6.03. The van der Waals surface area contributed by atoms with Gasteiger partial charge in [-0.3, -0.25) is 4.98 Å². The van der Waals surface area contributed by atoms with Crippen molar-refractivity contribution in [2.45, 2.75) is 25.7 Å². The second-order valence-corrected chi connectivity index (χ2v) is 6.03. The monoisotopic (exact) mass is 260 g/mol. The standard InChI is InChI=1S/C15H24N4/c1-18-8-2-13(3-9-18)14-4-10-19(11-5-14)15-12-16-6-7-17-15/h6-7,12-14H,2-5,8-11H2,1H3. The SMILES string of the molecule is CN1CCC(C2CCN(c3cnccn3)CC2)CC1. The summed E-state index contributed by atoms with van der Waals surface area (Å²) in [4.78, 5) is 13.4. The molecule has 2 aliphatic heterocycles. The van der Waals surface area contributed by atoms with E-state index in [9.17, 15) is 0 Å². The van der Waals surface area contributed by atoms with Gasteiger partial charge in [0.2, 0.25) is 0 Å². The van der Waals surface area contributed by atoms with Gasteiger partial charge in [0.15, 0.2) is 0 Å². The van der Waals surface area contributed by atoms with Crippen LogP contribution in [0, 0.1) is 11.8 Å². The van der Waals surface area contributed by atoms with Gasteiger partial charge in [-0.2, -0.15) is 0 Å². The maximum atomic E-state index is 4.41. The van der Waals surface area contributed by atoms with Crippen LogP contribution in [0.4, 0.5) is 5.82 Å². The van der Waals surface area contributed by atoms with Gasteiger partial charge < -0.3 is 9.80 Å². The molecule has 0 saturated carbocycles. The van der Waals surface area contributed by atoms with E-state index in [2.05, 4.69) is 26.8 Å². The summed E-state index contributed by atoms with van der Waals surface area (Å²) in [5.74, 6) is 2.94. The van der Waals surface area contributed by atoms with E-state index >= 15 is 0 Å². The summed E-state index contributed by atoms with van der Waals surface area (Å²) in [6, 6.07) is 0. The summed E-state index contributed by atoms with van der Waals surface area (Å²) in [6.45, 7) is 4.87. The fourth-order valence-electron chi connectivity index (χ4n) is 3.55. The Bertz CT molecular complexity index is 378. The third-order valence-electron chi connectivity index (χ3n) is 4.84. The van der Waals surface area contributed by atoms with Crippen molar-refractivity contribution < 1.29 is 0 Å². The zero-order valence-electron chi connectivity index (χ0n) is 11.8. The summed E-state index contributed by atoms with van der Waals surface area (Å²) in [7, 11) is 2.24. The zero-order valence-corrected chi connectivity index (χ0v) is 11.8. The van der Waals surface area contributed by atoms with E-state index in [0.29, 0.717) is 0 Å². The molecular formula is C15H24N4. The van der Waals surface area contributed by atoms with Gasteiger partial charge in [-0.25, -0.2) is 4.98 Å². The largest absolute Gasteiger partial charge is 0.355 e. The minimum atomic E-state index is 0.932. The highest BCUT2D eigenvalue weighted by atomic mass is 15.2. The Balaban J connectivity index is 1.52. The topological polar surface area (TPSA) is 32.3 Å². The molecule has 0 aliphatic carbocycles. The lowest BCUT2D eigenvalue weighted by molar-refractivity contribution is 0.154. The van der Waals surface area contributed by atoms with Crippen molar-refractivity contribution in [2.75, 3.05) is 38.1 Å². The number of nitrogens with zero attached hydrogens (tertiary/aromatic N) is 4. The molecule has 0 unspecified atom stereocenters. The average molecular weight is 260 g/mol. The van der Waals surface area contributed by atoms with Crippen LogP contribution in [0.5, 0.6) is 0 Å². The molecule has 4 nitrogen and oxygen atoms in total. The van der Waals surface area contributed by atoms with Crippen LogP contribution in [0.25, 0.3) is 0 Å². The van der Waals surface area contributed by atoms with Crippen LogP contribution in [0.15, 0.2) is 18.6 Å². The van der Waals surface area contributed by atoms with E-state index in [-0.39, 0.29) is 0 Å². The molecule has 0 atom stereocenters. The lowest BCUT2D eigenvalue weighted by atomic mass is 9.79. The number of anilines is 1. The van der Waals surface area contributed by atoms with Gasteiger partial charge >= 0.3 is 0 Å². The third kappa shape index (κ3) is 3.06. The maximum absolute atomic E-state index is 4.41. The van der Waals surface area contributed by atoms with E-state index in [1.165, 1.54) is 38.8 Å². The summed E-state index contributed by atoms with van der Waals surface area (Å²) in [6.07, 6.45) is 10.9. The van der Waals surface area contributed by atoms with Crippen molar-refractivity contribution in [1.29, 1.82) is 0 Å². The van der Waals surface area contributed by atoms with Gasteiger partial charge in [-0.1, -0.05) is 0 Å². The molecular weight excluding hydrogens is 236 g/mol. The predicted octanol–water partition coefficient (Wildman–Crippen LogP) is 2.03. The lowest BCUT2D eigenvalue weighted by Gasteiger charge is -2.39. The van der Waals surface area contributed by atoms with Crippen LogP contribution in [-0.2, 0) is 0 Å². The number of piperidine rings is 2. The van der Waals surface area contributed by atoms with Gasteiger partial charge in [0.25, 0.3) is 0 Å². The molecule has 0 spiro atoms. The predicted molar refractivity (Wildman–Crippen MR) is 77.2 cm³/mol. The Kier molecular flexibility index (Phi) is 3.97. The molecule has 104 valence electrons. The van der Waals surface area contributed by atoms with Crippen molar-refractivity contribution in [1.82, 2.24) is 14.9 Å². The maximum Gasteiger partial charge on any atom is 0.147 e. The molecule has 0 bridgehead atoms. The van der Waals surface area contributed by atoms with E-state index in [4.69, 9.17) is 0 Å². The fraction of sp³-hybridized carbons (Fsp3) is 0.733. The van der Waals surface area contributed by atoms with Crippen LogP contribution in [0.3, 0.4) is 0 Å². The zero-order chi connectivity index (χ0) is 13.1. The molecule has 0 amide bonds. The molecule has 1 aromatic rings. The number of likely N-dealkylation sites (tertiary alicyclic amines) is 1. The van der Waals surface area contributed by atoms with E-state index in [0.717, 1.165) is 30.7 Å². The third-order valence-corrected chi connectivity index (χ3v) is 4.84. The quantitative estimate of drug-likeness (QED) is 0.814. The van der Waals surface area contributed by atoms with Gasteiger partial charge in [-0.15, -0.1) is 0 Å². The number of rotatable bonds is 2. The van der Waals surface area contributed by atoms with Crippen molar-refractivity contribution >= 4 is 5.82 Å². The molecule has 3 rings (SSSR count). The minimum absolute atomic E-state index is 0.932. The molecule has 0 radical (unpaired) electrons. The van der Waals surface area contributed by atoms with E-state index in [1.807, 2.05) is 6.20 Å². The first kappa shape index (κ1) is 12.9. The molecule has 0 aromatic carbocycles. The summed E-state index contributed by atoms with van der Waals surface area (Å²) < 4.78 is 0. The van der Waals surface area contributed by atoms with Crippen LogP contribution in [0.1, 0.15) is 25.7 Å². The normalized spacial score (nSPS) is 23.7. The van der Waals surface area contributed by atoms with Gasteiger partial charge in [0, 0.05) is 25.5 Å². The van der Waals surface area contributed by atoms with Crippen molar-refractivity contribution in [3.63, 3.8) is 0 Å². The first-order valence-corrected chi connectivity index (χ1v) is 7.52. The number of hydrogen-bond acceptors (Lipinski definition) is 4. The highest BCUT2D eigenvalue weighted by Gasteiger charge is 2.29. The summed E-state index contributed by atoms with van der Waals surface area (Å²) in [5, 5.41) is 0. The smallest absolute Gasteiger partial charge is 0.147 e. The van der Waals surface area contributed by atoms with Crippen LogP contribution in [0.2, 0.25) is 0 Å². The lowest BCUT2D eigenvalue weighted by Crippen LogP contribution is -2.40. The molecule has 1 aromatic heterocycles. The molecule has 19 heavy (non-hydrogen) atoms. The van der Waals surface area contributed by atoms with Gasteiger partial charge in [0.1, 0.15) is 5.82 Å². The Hall–Kier alpha value is -1.16. The van der Waals surface area contributed by atoms with Crippen molar-refractivity contribution in [2.24, 2.45) is 11.8 Å². The summed E-state index contributed by atoms with van der Waals surface area (Å²) in [5.41, 5.74) is 0. The van der Waals surface area contributed by atoms with Crippen LogP contribution < -0.4 is 4.90 Å². The fourth-order valence-corrected chi connectivity index (χ4v) is 3.55. The first-order chi connectivity index (χ1) is 9.33. The Morgan fingerprint density at radius 2 is 1.58 bits per heavy atom. The molecule has 2 fully saturated rings. The van der Waals surface area contributed by atoms with Crippen LogP contribution >= 0.6 is 0 Å². The van der Waals surface area contributed by atoms with Gasteiger partial charge in [0.05, 0.1) is 6.20 Å². The van der Waals surface area contributed by atoms with Crippen molar-refractivity contribution in [3.8, 4) is 0 Å². The molecule has 3 heterocycles. The Morgan fingerprint density at radius 1 is 0.947 bits per heavy atom. The van der Waals surface area contributed by atoms with Gasteiger partial charge in [-0.05, 0) is 57.7 Å². The molecule has 0 N–H and O–H groups in total. The highest BCUT2D eigenvalue weighted by Crippen LogP contribution is 2.32. The van der Waals surface area contributed by atoms with Crippen molar-refractivity contribution in [3.05, 3.63) is 18.6 Å². The van der Waals surface area contributed by atoms with E-state index < -0.39 is 0 Å². The second kappa shape index (κ2) is 5.87.